The summed E-state index contributed by atoms with van der Waals surface area (Å²) in [6.45, 7) is 5.45. The van der Waals surface area contributed by atoms with Gasteiger partial charge in [-0.25, -0.2) is 8.42 Å². The predicted octanol–water partition coefficient (Wildman–Crippen LogP) is 3.07. The van der Waals surface area contributed by atoms with Crippen molar-refractivity contribution in [2.75, 3.05) is 12.3 Å². The molecule has 1 heterocycles. The molecule has 0 saturated carbocycles. The van der Waals surface area contributed by atoms with Gasteiger partial charge in [0, 0.05) is 30.8 Å². The summed E-state index contributed by atoms with van der Waals surface area (Å²) in [6, 6.07) is 8.06. The van der Waals surface area contributed by atoms with Gasteiger partial charge in [-0.3, -0.25) is 4.79 Å². The number of carbonyl (C=O) groups is 1. The molecule has 0 spiro atoms. The van der Waals surface area contributed by atoms with Crippen LogP contribution in [0.3, 0.4) is 0 Å². The molecule has 0 radical (unpaired) electrons. The smallest absolute Gasteiger partial charge is 0.223 e. The average Bonchev–Trinajstić information content (AvgIpc) is 2.84. The summed E-state index contributed by atoms with van der Waals surface area (Å²) in [5, 5.41) is 1.24. The van der Waals surface area contributed by atoms with Crippen LogP contribution in [0.5, 0.6) is 0 Å². The number of hydrogen-bond donors (Lipinski definition) is 0. The minimum atomic E-state index is -3.10. The molecule has 0 saturated heterocycles. The lowest BCUT2D eigenvalue weighted by Crippen LogP contribution is -2.33. The van der Waals surface area contributed by atoms with Crippen LogP contribution in [0.1, 0.15) is 37.3 Å². The topological polar surface area (TPSA) is 54.5 Å². The lowest BCUT2D eigenvalue weighted by Gasteiger charge is -2.24. The maximum Gasteiger partial charge on any atom is 0.223 e. The van der Waals surface area contributed by atoms with Gasteiger partial charge in [-0.05, 0) is 24.5 Å². The Morgan fingerprint density at radius 1 is 1.30 bits per heavy atom. The summed E-state index contributed by atoms with van der Waals surface area (Å²) in [5.41, 5.74) is 2.32. The summed E-state index contributed by atoms with van der Waals surface area (Å²) in [6.07, 6.45) is 3.90. The van der Waals surface area contributed by atoms with E-state index in [-0.39, 0.29) is 24.0 Å². The summed E-state index contributed by atoms with van der Waals surface area (Å²) in [4.78, 5) is 14.5. The molecule has 1 atom stereocenters. The number of allylic oxidation sites excluding steroid dienone is 1. The van der Waals surface area contributed by atoms with Crippen molar-refractivity contribution < 1.29 is 13.2 Å². The molecule has 0 aromatic heterocycles. The van der Waals surface area contributed by atoms with E-state index in [0.717, 1.165) is 18.4 Å². The number of carbonyl (C=O) groups excluding carboxylic acids is 1. The van der Waals surface area contributed by atoms with Crippen LogP contribution in [0.2, 0.25) is 0 Å². The van der Waals surface area contributed by atoms with Gasteiger partial charge in [0.2, 0.25) is 5.91 Å². The van der Waals surface area contributed by atoms with Crippen LogP contribution in [0.4, 0.5) is 0 Å². The average molecular weight is 335 g/mol. The molecule has 0 fully saturated rings. The Hall–Kier alpha value is -1.62. The van der Waals surface area contributed by atoms with Gasteiger partial charge in [-0.1, -0.05) is 43.7 Å². The largest absolute Gasteiger partial charge is 0.338 e. The maximum atomic E-state index is 12.6. The highest BCUT2D eigenvalue weighted by atomic mass is 32.2. The second-order valence-corrected chi connectivity index (χ2v) is 8.15. The van der Waals surface area contributed by atoms with Crippen LogP contribution < -0.4 is 0 Å². The third kappa shape index (κ3) is 5.20. The number of benzene rings is 1. The SMILES string of the molecule is CCCCN(Cc1ccccc1C)C(=O)CC1C=CS(=O)(=O)C1. The van der Waals surface area contributed by atoms with Crippen molar-refractivity contribution in [2.24, 2.45) is 5.92 Å². The van der Waals surface area contributed by atoms with Gasteiger partial charge in [0.25, 0.3) is 0 Å². The standard InChI is InChI=1S/C18H25NO3S/c1-3-4-10-19(13-17-8-6-5-7-15(17)2)18(20)12-16-9-11-23(21,22)14-16/h5-9,11,16H,3-4,10,12-14H2,1-2H3. The first-order chi connectivity index (χ1) is 10.9. The first-order valence-electron chi connectivity index (χ1n) is 8.14. The Labute approximate surface area is 139 Å². The third-order valence-corrected chi connectivity index (χ3v) is 5.66. The van der Waals surface area contributed by atoms with Crippen LogP contribution in [0.25, 0.3) is 0 Å². The molecular formula is C18H25NO3S. The van der Waals surface area contributed by atoms with Gasteiger partial charge in [-0.15, -0.1) is 0 Å². The zero-order chi connectivity index (χ0) is 16.9. The molecule has 4 nitrogen and oxygen atoms in total. The molecule has 0 bridgehead atoms. The molecule has 126 valence electrons. The van der Waals surface area contributed by atoms with Crippen molar-refractivity contribution in [2.45, 2.75) is 39.7 Å². The quantitative estimate of drug-likeness (QED) is 0.769. The number of nitrogens with zero attached hydrogens (tertiary/aromatic N) is 1. The Kier molecular flexibility index (Phi) is 5.99. The first-order valence-corrected chi connectivity index (χ1v) is 9.86. The van der Waals surface area contributed by atoms with Gasteiger partial charge < -0.3 is 4.90 Å². The normalized spacial score (nSPS) is 19.0. The van der Waals surface area contributed by atoms with Crippen molar-refractivity contribution in [1.82, 2.24) is 4.90 Å². The number of amides is 1. The molecule has 0 aliphatic carbocycles. The lowest BCUT2D eigenvalue weighted by molar-refractivity contribution is -0.132. The fourth-order valence-corrected chi connectivity index (χ4v) is 4.15. The van der Waals surface area contributed by atoms with Gasteiger partial charge in [0.05, 0.1) is 5.75 Å². The summed E-state index contributed by atoms with van der Waals surface area (Å²) in [5.74, 6) is -0.0907. The van der Waals surface area contributed by atoms with E-state index in [0.29, 0.717) is 13.1 Å². The Bertz CT molecular complexity index is 679. The van der Waals surface area contributed by atoms with Gasteiger partial charge >= 0.3 is 0 Å². The number of rotatable bonds is 7. The van der Waals surface area contributed by atoms with Crippen LogP contribution >= 0.6 is 0 Å². The van der Waals surface area contributed by atoms with Gasteiger partial charge in [0.1, 0.15) is 0 Å². The van der Waals surface area contributed by atoms with Crippen molar-refractivity contribution in [3.8, 4) is 0 Å². The molecule has 1 aromatic carbocycles. The maximum absolute atomic E-state index is 12.6. The van der Waals surface area contributed by atoms with E-state index in [1.807, 2.05) is 36.1 Å². The molecule has 23 heavy (non-hydrogen) atoms. The zero-order valence-corrected chi connectivity index (χ0v) is 14.7. The summed E-state index contributed by atoms with van der Waals surface area (Å²) in [7, 11) is -3.10. The van der Waals surface area contributed by atoms with Crippen molar-refractivity contribution in [1.29, 1.82) is 0 Å². The molecule has 1 aliphatic rings. The summed E-state index contributed by atoms with van der Waals surface area (Å²) < 4.78 is 23.0. The van der Waals surface area contributed by atoms with E-state index in [4.69, 9.17) is 0 Å². The predicted molar refractivity (Wildman–Crippen MR) is 92.5 cm³/mol. The number of unbranched alkanes of at least 4 members (excludes halogenated alkanes) is 1. The molecule has 1 unspecified atom stereocenters. The van der Waals surface area contributed by atoms with E-state index in [1.165, 1.54) is 11.0 Å². The minimum absolute atomic E-state index is 0.0356. The van der Waals surface area contributed by atoms with E-state index in [2.05, 4.69) is 6.92 Å². The number of hydrogen-bond acceptors (Lipinski definition) is 3. The number of aryl methyl sites for hydroxylation is 1. The molecule has 5 heteroatoms. The second kappa shape index (κ2) is 7.77. The van der Waals surface area contributed by atoms with Crippen LogP contribution in [0.15, 0.2) is 35.7 Å². The van der Waals surface area contributed by atoms with Crippen LogP contribution in [-0.4, -0.2) is 31.5 Å². The second-order valence-electron chi connectivity index (χ2n) is 6.22. The molecule has 0 N–H and O–H groups in total. The van der Waals surface area contributed by atoms with Crippen molar-refractivity contribution in [3.63, 3.8) is 0 Å². The van der Waals surface area contributed by atoms with Crippen molar-refractivity contribution >= 4 is 15.7 Å². The Morgan fingerprint density at radius 3 is 2.65 bits per heavy atom. The highest BCUT2D eigenvalue weighted by Crippen LogP contribution is 2.20. The molecule has 1 aromatic rings. The van der Waals surface area contributed by atoms with E-state index >= 15 is 0 Å². The van der Waals surface area contributed by atoms with Gasteiger partial charge in [-0.2, -0.15) is 0 Å². The Balaban J connectivity index is 2.04. The van der Waals surface area contributed by atoms with E-state index in [9.17, 15) is 13.2 Å². The van der Waals surface area contributed by atoms with E-state index < -0.39 is 9.84 Å². The molecule has 2 rings (SSSR count). The molecule has 1 amide bonds. The molecular weight excluding hydrogens is 310 g/mol. The van der Waals surface area contributed by atoms with E-state index in [1.54, 1.807) is 6.08 Å². The molecule has 1 aliphatic heterocycles. The first kappa shape index (κ1) is 17.7. The van der Waals surface area contributed by atoms with Crippen molar-refractivity contribution in [3.05, 3.63) is 46.9 Å². The van der Waals surface area contributed by atoms with Gasteiger partial charge in [0.15, 0.2) is 9.84 Å². The Morgan fingerprint density at radius 2 is 2.04 bits per heavy atom. The third-order valence-electron chi connectivity index (χ3n) is 4.20. The lowest BCUT2D eigenvalue weighted by atomic mass is 10.1. The highest BCUT2D eigenvalue weighted by Gasteiger charge is 2.26. The fraction of sp³-hybridized carbons (Fsp3) is 0.500. The number of sulfone groups is 1. The highest BCUT2D eigenvalue weighted by molar-refractivity contribution is 7.94. The zero-order valence-electron chi connectivity index (χ0n) is 13.9. The van der Waals surface area contributed by atoms with Crippen LogP contribution in [-0.2, 0) is 21.2 Å². The fourth-order valence-electron chi connectivity index (χ4n) is 2.75. The monoisotopic (exact) mass is 335 g/mol. The van der Waals surface area contributed by atoms with Crippen LogP contribution in [0, 0.1) is 12.8 Å². The summed E-state index contributed by atoms with van der Waals surface area (Å²) >= 11 is 0. The minimum Gasteiger partial charge on any atom is -0.338 e.